The van der Waals surface area contributed by atoms with Gasteiger partial charge in [0.05, 0.1) is 11.8 Å². The molecular formula is C22H21N5O. The summed E-state index contributed by atoms with van der Waals surface area (Å²) in [5.74, 6) is 0.0277. The number of piperazine rings is 1. The smallest absolute Gasteiger partial charge is 0.253 e. The Kier molecular flexibility index (Phi) is 5.18. The molecule has 0 radical (unpaired) electrons. The van der Waals surface area contributed by atoms with Gasteiger partial charge in [-0.05, 0) is 35.9 Å². The molecule has 1 saturated heterocycles. The lowest BCUT2D eigenvalue weighted by Gasteiger charge is -2.37. The van der Waals surface area contributed by atoms with E-state index in [1.165, 1.54) is 0 Å². The van der Waals surface area contributed by atoms with Crippen molar-refractivity contribution in [2.75, 3.05) is 26.2 Å². The van der Waals surface area contributed by atoms with Crippen LogP contribution in [0.5, 0.6) is 0 Å². The third-order valence-electron chi connectivity index (χ3n) is 5.09. The van der Waals surface area contributed by atoms with Crippen LogP contribution in [0.25, 0.3) is 5.69 Å². The first-order valence-electron chi connectivity index (χ1n) is 9.34. The quantitative estimate of drug-likeness (QED) is 0.707. The van der Waals surface area contributed by atoms with Gasteiger partial charge in [-0.15, -0.1) is 0 Å². The molecule has 6 heteroatoms. The number of aromatic nitrogens is 2. The fraction of sp³-hybridized carbons (Fsp3) is 0.227. The highest BCUT2D eigenvalue weighted by molar-refractivity contribution is 5.94. The fourth-order valence-electron chi connectivity index (χ4n) is 3.55. The molecule has 1 amide bonds. The first kappa shape index (κ1) is 18.0. The van der Waals surface area contributed by atoms with E-state index in [1.54, 1.807) is 10.9 Å². The van der Waals surface area contributed by atoms with Crippen molar-refractivity contribution < 1.29 is 4.79 Å². The number of rotatable bonds is 4. The first-order valence-corrected chi connectivity index (χ1v) is 9.34. The van der Waals surface area contributed by atoms with E-state index in [0.29, 0.717) is 31.7 Å². The Morgan fingerprint density at radius 2 is 1.68 bits per heavy atom. The van der Waals surface area contributed by atoms with Crippen LogP contribution in [0.4, 0.5) is 0 Å². The van der Waals surface area contributed by atoms with Crippen LogP contribution in [0.3, 0.4) is 0 Å². The summed E-state index contributed by atoms with van der Waals surface area (Å²) in [5, 5.41) is 13.8. The van der Waals surface area contributed by atoms with Crippen LogP contribution in [0.1, 0.15) is 22.0 Å². The molecule has 1 aliphatic rings. The zero-order valence-electron chi connectivity index (χ0n) is 15.5. The molecule has 1 aliphatic heterocycles. The summed E-state index contributed by atoms with van der Waals surface area (Å²) < 4.78 is 1.76. The van der Waals surface area contributed by atoms with Crippen molar-refractivity contribution in [2.45, 2.75) is 6.04 Å². The molecule has 0 N–H and O–H groups in total. The number of amides is 1. The van der Waals surface area contributed by atoms with E-state index in [9.17, 15) is 10.1 Å². The van der Waals surface area contributed by atoms with Gasteiger partial charge in [-0.25, -0.2) is 4.68 Å². The second-order valence-corrected chi connectivity index (χ2v) is 6.77. The maximum atomic E-state index is 12.8. The van der Waals surface area contributed by atoms with Gasteiger partial charge in [0.15, 0.2) is 0 Å². The molecular weight excluding hydrogens is 350 g/mol. The molecule has 3 aromatic rings. The fourth-order valence-corrected chi connectivity index (χ4v) is 3.55. The summed E-state index contributed by atoms with van der Waals surface area (Å²) >= 11 is 0. The Morgan fingerprint density at radius 1 is 0.964 bits per heavy atom. The molecule has 1 atom stereocenters. The van der Waals surface area contributed by atoms with Crippen molar-refractivity contribution in [1.29, 1.82) is 5.26 Å². The molecule has 0 bridgehead atoms. The van der Waals surface area contributed by atoms with Crippen molar-refractivity contribution >= 4 is 5.91 Å². The highest BCUT2D eigenvalue weighted by Gasteiger charge is 2.27. The number of nitriles is 1. The van der Waals surface area contributed by atoms with Crippen LogP contribution in [0, 0.1) is 11.3 Å². The summed E-state index contributed by atoms with van der Waals surface area (Å²) in [5.41, 5.74) is 2.59. The van der Waals surface area contributed by atoms with Gasteiger partial charge in [-0.3, -0.25) is 9.69 Å². The third kappa shape index (κ3) is 3.66. The van der Waals surface area contributed by atoms with Crippen molar-refractivity contribution in [1.82, 2.24) is 19.6 Å². The average Bonchev–Trinajstić information content (AvgIpc) is 3.30. The standard InChI is InChI=1S/C22H21N5O/c23-17-21(18-5-2-1-3-6-18)25-13-15-26(16-14-25)22(28)19-7-9-20(10-8-19)27-12-4-11-24-27/h1-12,21H,13-16H2. The zero-order valence-corrected chi connectivity index (χ0v) is 15.5. The zero-order chi connectivity index (χ0) is 19.3. The second kappa shape index (κ2) is 8.07. The second-order valence-electron chi connectivity index (χ2n) is 6.77. The predicted molar refractivity (Wildman–Crippen MR) is 106 cm³/mol. The molecule has 1 aromatic heterocycles. The summed E-state index contributed by atoms with van der Waals surface area (Å²) in [6, 6.07) is 21.3. The van der Waals surface area contributed by atoms with Gasteiger partial charge >= 0.3 is 0 Å². The van der Waals surface area contributed by atoms with Gasteiger partial charge in [-0.2, -0.15) is 10.4 Å². The number of hydrogen-bond donors (Lipinski definition) is 0. The van der Waals surface area contributed by atoms with Crippen LogP contribution >= 0.6 is 0 Å². The summed E-state index contributed by atoms with van der Waals surface area (Å²) in [6.07, 6.45) is 3.59. The van der Waals surface area contributed by atoms with E-state index in [-0.39, 0.29) is 11.9 Å². The summed E-state index contributed by atoms with van der Waals surface area (Å²) in [4.78, 5) is 16.8. The minimum Gasteiger partial charge on any atom is -0.336 e. The maximum Gasteiger partial charge on any atom is 0.253 e. The number of benzene rings is 2. The Hall–Kier alpha value is -3.43. The first-order chi connectivity index (χ1) is 13.8. The van der Waals surface area contributed by atoms with E-state index in [2.05, 4.69) is 16.1 Å². The van der Waals surface area contributed by atoms with Gasteiger partial charge in [-0.1, -0.05) is 30.3 Å². The van der Waals surface area contributed by atoms with Gasteiger partial charge in [0, 0.05) is 44.1 Å². The van der Waals surface area contributed by atoms with E-state index < -0.39 is 0 Å². The SMILES string of the molecule is N#CC(c1ccccc1)N1CCN(C(=O)c2ccc(-n3cccn3)cc2)CC1. The minimum atomic E-state index is -0.271. The predicted octanol–water partition coefficient (Wildman–Crippen LogP) is 2.89. The molecule has 1 fully saturated rings. The lowest BCUT2D eigenvalue weighted by molar-refractivity contribution is 0.0606. The molecule has 0 aliphatic carbocycles. The van der Waals surface area contributed by atoms with Gasteiger partial charge < -0.3 is 4.90 Å². The highest BCUT2D eigenvalue weighted by Crippen LogP contribution is 2.22. The average molecular weight is 371 g/mol. The molecule has 6 nitrogen and oxygen atoms in total. The molecule has 2 heterocycles. The largest absolute Gasteiger partial charge is 0.336 e. The van der Waals surface area contributed by atoms with Crippen molar-refractivity contribution in [2.24, 2.45) is 0 Å². The maximum absolute atomic E-state index is 12.8. The molecule has 4 rings (SSSR count). The third-order valence-corrected chi connectivity index (χ3v) is 5.09. The molecule has 0 saturated carbocycles. The lowest BCUT2D eigenvalue weighted by Crippen LogP contribution is -2.49. The monoisotopic (exact) mass is 371 g/mol. The van der Waals surface area contributed by atoms with Gasteiger partial charge in [0.1, 0.15) is 6.04 Å². The van der Waals surface area contributed by atoms with Crippen molar-refractivity contribution in [3.05, 3.63) is 84.2 Å². The van der Waals surface area contributed by atoms with Crippen LogP contribution in [0.2, 0.25) is 0 Å². The summed E-state index contributed by atoms with van der Waals surface area (Å²) in [6.45, 7) is 2.60. The van der Waals surface area contributed by atoms with Crippen LogP contribution in [0.15, 0.2) is 73.1 Å². The minimum absolute atomic E-state index is 0.0277. The Morgan fingerprint density at radius 3 is 2.29 bits per heavy atom. The lowest BCUT2D eigenvalue weighted by atomic mass is 10.1. The molecule has 1 unspecified atom stereocenters. The molecule has 28 heavy (non-hydrogen) atoms. The number of nitrogens with zero attached hydrogens (tertiary/aromatic N) is 5. The number of carbonyl (C=O) groups excluding carboxylic acids is 1. The Balaban J connectivity index is 1.39. The molecule has 140 valence electrons. The van der Waals surface area contributed by atoms with Crippen LogP contribution in [-0.4, -0.2) is 51.7 Å². The van der Waals surface area contributed by atoms with E-state index in [0.717, 1.165) is 11.3 Å². The molecule has 0 spiro atoms. The van der Waals surface area contributed by atoms with Gasteiger partial charge in [0.25, 0.3) is 5.91 Å². The van der Waals surface area contributed by atoms with E-state index >= 15 is 0 Å². The van der Waals surface area contributed by atoms with Crippen LogP contribution in [-0.2, 0) is 0 Å². The number of carbonyl (C=O) groups is 1. The normalized spacial score (nSPS) is 15.8. The van der Waals surface area contributed by atoms with Gasteiger partial charge in [0.2, 0.25) is 0 Å². The van der Waals surface area contributed by atoms with Crippen molar-refractivity contribution in [3.8, 4) is 11.8 Å². The van der Waals surface area contributed by atoms with E-state index in [4.69, 9.17) is 0 Å². The van der Waals surface area contributed by atoms with Crippen molar-refractivity contribution in [3.63, 3.8) is 0 Å². The number of hydrogen-bond acceptors (Lipinski definition) is 4. The summed E-state index contributed by atoms with van der Waals surface area (Å²) in [7, 11) is 0. The van der Waals surface area contributed by atoms with E-state index in [1.807, 2.05) is 71.8 Å². The molecule has 2 aromatic carbocycles. The highest BCUT2D eigenvalue weighted by atomic mass is 16.2. The Labute approximate surface area is 164 Å². The Bertz CT molecular complexity index is 952. The topological polar surface area (TPSA) is 65.2 Å². The van der Waals surface area contributed by atoms with Crippen LogP contribution < -0.4 is 0 Å².